The summed E-state index contributed by atoms with van der Waals surface area (Å²) in [7, 11) is 0. The van der Waals surface area contributed by atoms with Gasteiger partial charge >= 0.3 is 0 Å². The first kappa shape index (κ1) is 13.3. The topological polar surface area (TPSA) is 130 Å². The molecule has 3 aliphatic rings. The molecule has 0 saturated heterocycles. The fourth-order valence-corrected chi connectivity index (χ4v) is 2.78. The molecule has 2 heterocycles. The van der Waals surface area contributed by atoms with E-state index in [0.29, 0.717) is 17.0 Å². The van der Waals surface area contributed by atoms with E-state index in [1.54, 1.807) is 12.3 Å². The van der Waals surface area contributed by atoms with Gasteiger partial charge < -0.3 is 21.7 Å². The van der Waals surface area contributed by atoms with Gasteiger partial charge in [-0.1, -0.05) is 24.4 Å². The molecule has 104 valence electrons. The second-order valence-corrected chi connectivity index (χ2v) is 5.16. The Bertz CT molecular complexity index is 634. The summed E-state index contributed by atoms with van der Waals surface area (Å²) in [5.74, 6) is 0.0475. The third-order valence-electron chi connectivity index (χ3n) is 3.54. The normalized spacial score (nSPS) is 33.4. The van der Waals surface area contributed by atoms with Crippen molar-refractivity contribution in [1.29, 1.82) is 0 Å². The van der Waals surface area contributed by atoms with Gasteiger partial charge in [-0.05, 0) is 0 Å². The maximum absolute atomic E-state index is 9.92. The number of hydrogen-bond acceptors (Lipinski definition) is 7. The summed E-state index contributed by atoms with van der Waals surface area (Å²) < 4.78 is 0. The van der Waals surface area contributed by atoms with Crippen LogP contribution in [0.15, 0.2) is 38.3 Å². The van der Waals surface area contributed by atoms with Crippen molar-refractivity contribution in [2.75, 3.05) is 0 Å². The first-order valence-corrected chi connectivity index (χ1v) is 6.45. The lowest BCUT2D eigenvalue weighted by Gasteiger charge is -2.24. The fraction of sp³-hybridized carbons (Fsp3) is 0.333. The number of thiocarbonyl (C=S) groups is 1. The van der Waals surface area contributed by atoms with E-state index < -0.39 is 24.2 Å². The van der Waals surface area contributed by atoms with Crippen molar-refractivity contribution in [2.24, 2.45) is 32.4 Å². The smallest absolute Gasteiger partial charge is 0.223 e. The van der Waals surface area contributed by atoms with Crippen LogP contribution in [0.3, 0.4) is 0 Å². The van der Waals surface area contributed by atoms with Crippen LogP contribution in [0.2, 0.25) is 0 Å². The summed E-state index contributed by atoms with van der Waals surface area (Å²) in [5.41, 5.74) is 12.9. The third-order valence-corrected chi connectivity index (χ3v) is 3.83. The van der Waals surface area contributed by atoms with E-state index in [0.717, 1.165) is 0 Å². The number of nitrogens with zero attached hydrogens (tertiary/aromatic N) is 3. The van der Waals surface area contributed by atoms with Crippen molar-refractivity contribution in [3.05, 3.63) is 23.3 Å². The predicted molar refractivity (Wildman–Crippen MR) is 79.8 cm³/mol. The summed E-state index contributed by atoms with van der Waals surface area (Å²) in [6.45, 7) is 0. The molecule has 1 unspecified atom stereocenters. The minimum absolute atomic E-state index is 0.0666. The van der Waals surface area contributed by atoms with E-state index >= 15 is 0 Å². The molecule has 0 aromatic heterocycles. The molecular weight excluding hydrogens is 278 g/mol. The second-order valence-electron chi connectivity index (χ2n) is 4.77. The number of amidine groups is 1. The molecule has 0 aromatic rings. The van der Waals surface area contributed by atoms with Gasteiger partial charge in [0.2, 0.25) is 5.96 Å². The molecule has 0 spiro atoms. The molecule has 7 nitrogen and oxygen atoms in total. The largest absolute Gasteiger partial charge is 0.389 e. The first-order chi connectivity index (χ1) is 9.49. The van der Waals surface area contributed by atoms with Crippen LogP contribution < -0.4 is 11.5 Å². The second kappa shape index (κ2) is 4.67. The van der Waals surface area contributed by atoms with Gasteiger partial charge in [0.1, 0.15) is 4.99 Å². The van der Waals surface area contributed by atoms with E-state index in [-0.39, 0.29) is 10.9 Å². The van der Waals surface area contributed by atoms with Crippen molar-refractivity contribution >= 4 is 35.2 Å². The Labute approximate surface area is 120 Å². The highest BCUT2D eigenvalue weighted by atomic mass is 32.1. The van der Waals surface area contributed by atoms with E-state index in [1.807, 2.05) is 0 Å². The minimum Gasteiger partial charge on any atom is -0.389 e. The molecule has 6 N–H and O–H groups in total. The molecule has 0 aromatic carbocycles. The zero-order valence-corrected chi connectivity index (χ0v) is 11.2. The minimum atomic E-state index is -0.946. The standard InChI is InChI=1S/C12H13N5O2S/c13-8(4-1-2-6(18)9(4)19)5-3-15-10-7(5)11(20)17-12(14)16-10/h1-4,6,8-9,18-19H,13H2,(H2,14,17,20)/t4-,6-,8?,9+/m0/s1. The Kier molecular flexibility index (Phi) is 3.09. The molecule has 4 atom stereocenters. The summed E-state index contributed by atoms with van der Waals surface area (Å²) in [6.07, 6.45) is 2.93. The van der Waals surface area contributed by atoms with Crippen LogP contribution in [-0.2, 0) is 0 Å². The van der Waals surface area contributed by atoms with Crippen molar-refractivity contribution in [1.82, 2.24) is 0 Å². The zero-order chi connectivity index (χ0) is 14.4. The Morgan fingerprint density at radius 3 is 2.65 bits per heavy atom. The maximum Gasteiger partial charge on any atom is 0.223 e. The highest BCUT2D eigenvalue weighted by Gasteiger charge is 2.37. The average molecular weight is 291 g/mol. The van der Waals surface area contributed by atoms with Crippen LogP contribution >= 0.6 is 12.2 Å². The molecule has 0 amide bonds. The number of fused-ring (bicyclic) bond motifs is 1. The van der Waals surface area contributed by atoms with Crippen molar-refractivity contribution in [3.8, 4) is 0 Å². The van der Waals surface area contributed by atoms with Crippen molar-refractivity contribution < 1.29 is 10.2 Å². The number of rotatable bonds is 2. The molecule has 8 heteroatoms. The number of aliphatic imine (C=N–C) groups is 3. The number of aliphatic hydroxyl groups excluding tert-OH is 2. The number of aliphatic hydroxyl groups is 2. The Morgan fingerprint density at radius 2 is 2.00 bits per heavy atom. The molecule has 20 heavy (non-hydrogen) atoms. The zero-order valence-electron chi connectivity index (χ0n) is 10.3. The molecule has 2 aliphatic heterocycles. The number of hydrogen-bond donors (Lipinski definition) is 4. The van der Waals surface area contributed by atoms with E-state index in [1.165, 1.54) is 6.08 Å². The van der Waals surface area contributed by atoms with Gasteiger partial charge in [-0.15, -0.1) is 0 Å². The van der Waals surface area contributed by atoms with Gasteiger partial charge in [-0.2, -0.15) is 4.99 Å². The monoisotopic (exact) mass is 291 g/mol. The molecule has 0 bridgehead atoms. The molecule has 0 radical (unpaired) electrons. The first-order valence-electron chi connectivity index (χ1n) is 6.05. The Morgan fingerprint density at radius 1 is 1.25 bits per heavy atom. The maximum atomic E-state index is 9.92. The van der Waals surface area contributed by atoms with Gasteiger partial charge in [0.05, 0.1) is 17.8 Å². The van der Waals surface area contributed by atoms with Gasteiger partial charge in [0, 0.05) is 23.7 Å². The molecular formula is C12H13N5O2S. The van der Waals surface area contributed by atoms with Gasteiger partial charge in [-0.3, -0.25) is 0 Å². The van der Waals surface area contributed by atoms with Crippen LogP contribution in [-0.4, -0.2) is 51.5 Å². The van der Waals surface area contributed by atoms with Crippen LogP contribution in [0.5, 0.6) is 0 Å². The average Bonchev–Trinajstić information content (AvgIpc) is 2.94. The van der Waals surface area contributed by atoms with Crippen LogP contribution in [0.1, 0.15) is 0 Å². The van der Waals surface area contributed by atoms with E-state index in [4.69, 9.17) is 23.7 Å². The molecule has 1 aliphatic carbocycles. The Hall–Kier alpha value is -1.74. The highest BCUT2D eigenvalue weighted by Crippen LogP contribution is 2.29. The number of nitrogens with two attached hydrogens (primary N) is 2. The lowest BCUT2D eigenvalue weighted by Crippen LogP contribution is -2.41. The lowest BCUT2D eigenvalue weighted by atomic mass is 9.89. The Balaban J connectivity index is 1.96. The van der Waals surface area contributed by atoms with Crippen LogP contribution in [0, 0.1) is 5.92 Å². The summed E-state index contributed by atoms with van der Waals surface area (Å²) in [5, 5.41) is 19.5. The molecule has 0 fully saturated rings. The third kappa shape index (κ3) is 1.93. The molecule has 3 rings (SSSR count). The van der Waals surface area contributed by atoms with Gasteiger partial charge in [-0.25, -0.2) is 9.98 Å². The highest BCUT2D eigenvalue weighted by molar-refractivity contribution is 7.81. The van der Waals surface area contributed by atoms with Gasteiger partial charge in [0.25, 0.3) is 0 Å². The lowest BCUT2D eigenvalue weighted by molar-refractivity contribution is 0.0305. The summed E-state index contributed by atoms with van der Waals surface area (Å²) in [6, 6.07) is -0.558. The van der Waals surface area contributed by atoms with Crippen molar-refractivity contribution in [3.63, 3.8) is 0 Å². The van der Waals surface area contributed by atoms with Crippen LogP contribution in [0.25, 0.3) is 0 Å². The van der Waals surface area contributed by atoms with E-state index in [2.05, 4.69) is 15.0 Å². The van der Waals surface area contributed by atoms with Gasteiger partial charge in [0.15, 0.2) is 5.84 Å². The predicted octanol–water partition coefficient (Wildman–Crippen LogP) is -1.34. The fourth-order valence-electron chi connectivity index (χ4n) is 2.48. The summed E-state index contributed by atoms with van der Waals surface area (Å²) in [4.78, 5) is 12.4. The van der Waals surface area contributed by atoms with Crippen LogP contribution in [0.4, 0.5) is 0 Å². The number of guanidine groups is 1. The quantitative estimate of drug-likeness (QED) is 0.369. The SMILES string of the molecule is NC1=NC(=S)C2=C(C(N)[C@@H]3C=C[C@H](O)[C@@H]3O)C=NC2=N1. The van der Waals surface area contributed by atoms with Crippen molar-refractivity contribution in [2.45, 2.75) is 18.2 Å². The molecule has 0 saturated carbocycles. The summed E-state index contributed by atoms with van der Waals surface area (Å²) >= 11 is 5.17. The van der Waals surface area contributed by atoms with E-state index in [9.17, 15) is 10.2 Å².